The van der Waals surface area contributed by atoms with Crippen LogP contribution in [-0.4, -0.2) is 61.7 Å². The molecule has 4 rings (SSSR count). The highest BCUT2D eigenvalue weighted by molar-refractivity contribution is 7.89. The fourth-order valence-corrected chi connectivity index (χ4v) is 6.28. The molecule has 0 aromatic heterocycles. The molecule has 2 aliphatic heterocycles. The van der Waals surface area contributed by atoms with Crippen LogP contribution in [0.3, 0.4) is 0 Å². The fourth-order valence-electron chi connectivity index (χ4n) is 5.06. The number of rotatable bonds is 8. The van der Waals surface area contributed by atoms with Crippen molar-refractivity contribution in [2.45, 2.75) is 75.6 Å². The largest absolute Gasteiger partial charge is 0.485 e. The molecule has 8 nitrogen and oxygen atoms in total. The lowest BCUT2D eigenvalue weighted by molar-refractivity contribution is -0.0603. The van der Waals surface area contributed by atoms with Crippen molar-refractivity contribution in [3.05, 3.63) is 59.2 Å². The molecule has 0 spiro atoms. The summed E-state index contributed by atoms with van der Waals surface area (Å²) in [4.78, 5) is 15.5. The molecular formula is C27H37N3O5S. The number of fused-ring (bicyclic) bond motifs is 1. The number of aliphatic hydroxyl groups excluding tert-OH is 1. The highest BCUT2D eigenvalue weighted by atomic mass is 32.2. The minimum Gasteiger partial charge on any atom is -0.485 e. The Balaban J connectivity index is 1.59. The van der Waals surface area contributed by atoms with Crippen molar-refractivity contribution in [2.24, 2.45) is 0 Å². The molecule has 2 aliphatic rings. The third-order valence-electron chi connectivity index (χ3n) is 7.34. The van der Waals surface area contributed by atoms with Gasteiger partial charge in [-0.05, 0) is 82.1 Å². The number of aryl methyl sites for hydroxylation is 1. The van der Waals surface area contributed by atoms with E-state index in [0.717, 1.165) is 37.9 Å². The molecule has 36 heavy (non-hydrogen) atoms. The Kier molecular flexibility index (Phi) is 7.75. The summed E-state index contributed by atoms with van der Waals surface area (Å²) in [7, 11) is -3.95. The van der Waals surface area contributed by atoms with Crippen molar-refractivity contribution in [3.8, 4) is 5.75 Å². The van der Waals surface area contributed by atoms with E-state index < -0.39 is 27.8 Å². The minimum atomic E-state index is -3.95. The molecule has 1 unspecified atom stereocenters. The monoisotopic (exact) mass is 515 g/mol. The van der Waals surface area contributed by atoms with Gasteiger partial charge < -0.3 is 15.2 Å². The van der Waals surface area contributed by atoms with Crippen LogP contribution >= 0.6 is 0 Å². The Morgan fingerprint density at radius 2 is 1.89 bits per heavy atom. The summed E-state index contributed by atoms with van der Waals surface area (Å²) in [6.45, 7) is 10.1. The van der Waals surface area contributed by atoms with Gasteiger partial charge in [-0.25, -0.2) is 13.1 Å². The first kappa shape index (κ1) is 26.6. The van der Waals surface area contributed by atoms with Gasteiger partial charge in [0.1, 0.15) is 17.5 Å². The highest BCUT2D eigenvalue weighted by Crippen LogP contribution is 2.41. The number of nitrogens with one attached hydrogen (secondary N) is 2. The molecule has 0 radical (unpaired) electrons. The van der Waals surface area contributed by atoms with E-state index in [-0.39, 0.29) is 10.8 Å². The second-order valence-electron chi connectivity index (χ2n) is 10.1. The van der Waals surface area contributed by atoms with Gasteiger partial charge in [0.2, 0.25) is 10.0 Å². The average molecular weight is 516 g/mol. The zero-order valence-electron chi connectivity index (χ0n) is 21.5. The zero-order valence-corrected chi connectivity index (χ0v) is 22.3. The van der Waals surface area contributed by atoms with E-state index in [9.17, 15) is 18.3 Å². The van der Waals surface area contributed by atoms with Crippen LogP contribution in [0.1, 0.15) is 68.1 Å². The predicted molar refractivity (Wildman–Crippen MR) is 139 cm³/mol. The first-order valence-corrected chi connectivity index (χ1v) is 14.2. The van der Waals surface area contributed by atoms with Crippen LogP contribution in [0.25, 0.3) is 0 Å². The number of hydrogen-bond acceptors (Lipinski definition) is 6. The number of hydrogen-bond donors (Lipinski definition) is 3. The lowest BCUT2D eigenvalue weighted by atomic mass is 9.86. The van der Waals surface area contributed by atoms with Crippen molar-refractivity contribution in [3.63, 3.8) is 0 Å². The Morgan fingerprint density at radius 3 is 2.56 bits per heavy atom. The average Bonchev–Trinajstić information content (AvgIpc) is 3.32. The molecule has 2 aromatic rings. The number of aliphatic hydroxyl groups is 1. The summed E-state index contributed by atoms with van der Waals surface area (Å²) in [5.41, 5.74) is 0.810. The molecular weight excluding hydrogens is 478 g/mol. The second-order valence-corrected chi connectivity index (χ2v) is 11.8. The van der Waals surface area contributed by atoms with E-state index in [1.165, 1.54) is 0 Å². The highest BCUT2D eigenvalue weighted by Gasteiger charge is 2.45. The molecule has 0 aliphatic carbocycles. The number of nitrogens with zero attached hydrogens (tertiary/aromatic N) is 1. The van der Waals surface area contributed by atoms with Crippen LogP contribution < -0.4 is 14.8 Å². The van der Waals surface area contributed by atoms with Gasteiger partial charge in [-0.3, -0.25) is 9.69 Å². The number of likely N-dealkylation sites (tertiary alicyclic amines) is 1. The quantitative estimate of drug-likeness (QED) is 0.499. The Hall–Kier alpha value is -2.46. The number of sulfonamides is 1. The van der Waals surface area contributed by atoms with Crippen LogP contribution in [0.5, 0.6) is 5.75 Å². The first-order chi connectivity index (χ1) is 17.1. The van der Waals surface area contributed by atoms with Crippen molar-refractivity contribution >= 4 is 15.9 Å². The Bertz CT molecular complexity index is 1200. The molecule has 3 N–H and O–H groups in total. The molecule has 1 fully saturated rings. The number of ether oxygens (including phenoxy) is 1. The van der Waals surface area contributed by atoms with E-state index in [4.69, 9.17) is 4.74 Å². The van der Waals surface area contributed by atoms with E-state index in [0.29, 0.717) is 29.5 Å². The summed E-state index contributed by atoms with van der Waals surface area (Å²) < 4.78 is 35.2. The Labute approximate surface area is 214 Å². The van der Waals surface area contributed by atoms with E-state index >= 15 is 0 Å². The SMILES string of the molecule is CCc1ccc(S(=O)(=O)N[C@@H]2c3cc(C(=O)NCC4CCCN4CC)ccc3OC(C)(C)[C@H]2O)cc1. The molecule has 1 amide bonds. The summed E-state index contributed by atoms with van der Waals surface area (Å²) in [5.74, 6) is 0.195. The van der Waals surface area contributed by atoms with Crippen LogP contribution in [0, 0.1) is 0 Å². The maximum absolute atomic E-state index is 13.2. The third kappa shape index (κ3) is 5.44. The van der Waals surface area contributed by atoms with Crippen LogP contribution in [0.15, 0.2) is 47.4 Å². The van der Waals surface area contributed by atoms with Crippen LogP contribution in [0.4, 0.5) is 0 Å². The molecule has 196 valence electrons. The number of benzene rings is 2. The molecule has 0 bridgehead atoms. The van der Waals surface area contributed by atoms with Gasteiger partial charge in [-0.15, -0.1) is 0 Å². The molecule has 1 saturated heterocycles. The first-order valence-electron chi connectivity index (χ1n) is 12.7. The number of likely N-dealkylation sites (N-methyl/N-ethyl adjacent to an activating group) is 1. The fraction of sp³-hybridized carbons (Fsp3) is 0.519. The van der Waals surface area contributed by atoms with Gasteiger partial charge in [0.25, 0.3) is 5.91 Å². The number of carbonyl (C=O) groups excluding carboxylic acids is 1. The maximum atomic E-state index is 13.2. The van der Waals surface area contributed by atoms with Crippen molar-refractivity contribution in [2.75, 3.05) is 19.6 Å². The molecule has 0 saturated carbocycles. The van der Waals surface area contributed by atoms with E-state index in [1.807, 2.05) is 6.92 Å². The van der Waals surface area contributed by atoms with Gasteiger partial charge in [-0.2, -0.15) is 0 Å². The van der Waals surface area contributed by atoms with Crippen molar-refractivity contribution in [1.29, 1.82) is 0 Å². The van der Waals surface area contributed by atoms with E-state index in [2.05, 4.69) is 21.9 Å². The topological polar surface area (TPSA) is 108 Å². The summed E-state index contributed by atoms with van der Waals surface area (Å²) in [6, 6.07) is 11.0. The minimum absolute atomic E-state index is 0.115. The number of amides is 1. The summed E-state index contributed by atoms with van der Waals surface area (Å²) in [6.07, 6.45) is 1.80. The predicted octanol–water partition coefficient (Wildman–Crippen LogP) is 3.01. The Morgan fingerprint density at radius 1 is 1.17 bits per heavy atom. The van der Waals surface area contributed by atoms with Gasteiger partial charge in [0, 0.05) is 23.7 Å². The van der Waals surface area contributed by atoms with Gasteiger partial charge in [0.05, 0.1) is 10.9 Å². The lowest BCUT2D eigenvalue weighted by Crippen LogP contribution is -2.53. The third-order valence-corrected chi connectivity index (χ3v) is 8.79. The van der Waals surface area contributed by atoms with Gasteiger partial charge >= 0.3 is 0 Å². The van der Waals surface area contributed by atoms with Crippen LogP contribution in [0.2, 0.25) is 0 Å². The standard InChI is InChI=1S/C27H37N3O5S/c1-5-18-9-12-21(13-10-18)36(33,34)29-24-22-16-19(11-14-23(22)35-27(3,4)25(24)31)26(32)28-17-20-8-7-15-30(20)6-2/h9-14,16,20,24-25,29,31H,5-8,15,17H2,1-4H3,(H,28,32)/t20?,24-,25+/m1/s1. The molecule has 9 heteroatoms. The number of carbonyl (C=O) groups is 1. The van der Waals surface area contributed by atoms with Gasteiger partial charge in [0.15, 0.2) is 0 Å². The maximum Gasteiger partial charge on any atom is 0.251 e. The smallest absolute Gasteiger partial charge is 0.251 e. The van der Waals surface area contributed by atoms with Crippen molar-refractivity contribution < 1.29 is 23.1 Å². The van der Waals surface area contributed by atoms with Crippen molar-refractivity contribution in [1.82, 2.24) is 14.9 Å². The molecule has 2 aromatic carbocycles. The van der Waals surface area contributed by atoms with Crippen LogP contribution in [-0.2, 0) is 16.4 Å². The summed E-state index contributed by atoms with van der Waals surface area (Å²) >= 11 is 0. The van der Waals surface area contributed by atoms with E-state index in [1.54, 1.807) is 56.3 Å². The zero-order chi connectivity index (χ0) is 26.1. The molecule has 2 heterocycles. The molecule has 3 atom stereocenters. The second kappa shape index (κ2) is 10.5. The normalized spacial score (nSPS) is 23.6. The lowest BCUT2D eigenvalue weighted by Gasteiger charge is -2.42. The summed E-state index contributed by atoms with van der Waals surface area (Å²) in [5, 5.41) is 14.1. The van der Waals surface area contributed by atoms with Gasteiger partial charge in [-0.1, -0.05) is 26.0 Å².